The van der Waals surface area contributed by atoms with E-state index in [-0.39, 0.29) is 34.1 Å². The van der Waals surface area contributed by atoms with Gasteiger partial charge < -0.3 is 10.2 Å². The van der Waals surface area contributed by atoms with Crippen molar-refractivity contribution in [1.29, 1.82) is 0 Å². The predicted molar refractivity (Wildman–Crippen MR) is 167 cm³/mol. The molecule has 3 aromatic rings. The molecule has 0 fully saturated rings. The number of hydrogen-bond acceptors (Lipinski definition) is 4. The molecule has 0 unspecified atom stereocenters. The molecule has 3 rings (SSSR count). The average molecular weight is 693 g/mol. The molecule has 0 aliphatic heterocycles. The first kappa shape index (κ1) is 35.5. The summed E-state index contributed by atoms with van der Waals surface area (Å²) in [6.45, 7) is 2.53. The van der Waals surface area contributed by atoms with Crippen LogP contribution in [0.5, 0.6) is 0 Å². The van der Waals surface area contributed by atoms with Crippen molar-refractivity contribution in [2.75, 3.05) is 17.1 Å². The molecule has 14 heteroatoms. The smallest absolute Gasteiger partial charge is 0.352 e. The summed E-state index contributed by atoms with van der Waals surface area (Å²) in [5, 5.41) is 3.01. The second kappa shape index (κ2) is 14.9. The van der Waals surface area contributed by atoms with Crippen molar-refractivity contribution in [3.63, 3.8) is 0 Å². The van der Waals surface area contributed by atoms with Gasteiger partial charge in [0, 0.05) is 19.0 Å². The Morgan fingerprint density at radius 1 is 0.909 bits per heavy atom. The van der Waals surface area contributed by atoms with Crippen LogP contribution in [0.1, 0.15) is 37.0 Å². The monoisotopic (exact) mass is 691 g/mol. The Labute approximate surface area is 269 Å². The van der Waals surface area contributed by atoms with Crippen LogP contribution < -0.4 is 9.62 Å². The van der Waals surface area contributed by atoms with Crippen LogP contribution in [0.25, 0.3) is 0 Å². The molecule has 0 aliphatic rings. The van der Waals surface area contributed by atoms with Crippen molar-refractivity contribution in [2.45, 2.75) is 51.5 Å². The number of amides is 2. The molecule has 0 bridgehead atoms. The third kappa shape index (κ3) is 9.50. The SMILES string of the molecule is CC[C@H](C)NC(=O)[C@@H](Cc1ccccc1)N(Cc1ccc(Cl)c(Cl)c1)C(=O)CN(c1cc(C(F)(F)F)ccc1Cl)S(C)(=O)=O. The summed E-state index contributed by atoms with van der Waals surface area (Å²) >= 11 is 18.5. The summed E-state index contributed by atoms with van der Waals surface area (Å²) < 4.78 is 67.0. The Morgan fingerprint density at radius 2 is 1.55 bits per heavy atom. The molecule has 3 aromatic carbocycles. The number of alkyl halides is 3. The van der Waals surface area contributed by atoms with Crippen LogP contribution in [0.3, 0.4) is 0 Å². The fraction of sp³-hybridized carbons (Fsp3) is 0.333. The third-order valence-corrected chi connectivity index (χ3v) is 9.02. The molecule has 0 heterocycles. The normalized spacial score (nSPS) is 13.2. The summed E-state index contributed by atoms with van der Waals surface area (Å²) in [4.78, 5) is 29.0. The van der Waals surface area contributed by atoms with Gasteiger partial charge in [-0.2, -0.15) is 13.2 Å². The number of nitrogens with zero attached hydrogens (tertiary/aromatic N) is 2. The van der Waals surface area contributed by atoms with Crippen LogP contribution in [-0.4, -0.2) is 50.0 Å². The molecule has 0 aromatic heterocycles. The highest BCUT2D eigenvalue weighted by molar-refractivity contribution is 7.92. The Hall–Kier alpha value is -2.99. The van der Waals surface area contributed by atoms with Gasteiger partial charge in [-0.05, 0) is 54.8 Å². The summed E-state index contributed by atoms with van der Waals surface area (Å²) in [5.41, 5.74) is -0.495. The van der Waals surface area contributed by atoms with Gasteiger partial charge in [-0.25, -0.2) is 8.42 Å². The van der Waals surface area contributed by atoms with E-state index in [1.807, 2.05) is 6.92 Å². The minimum absolute atomic E-state index is 0.0549. The number of carbonyl (C=O) groups is 2. The first-order valence-electron chi connectivity index (χ1n) is 13.4. The summed E-state index contributed by atoms with van der Waals surface area (Å²) in [6, 6.07) is 14.3. The molecule has 1 N–H and O–H groups in total. The van der Waals surface area contributed by atoms with Crippen molar-refractivity contribution < 1.29 is 31.2 Å². The van der Waals surface area contributed by atoms with Crippen molar-refractivity contribution in [1.82, 2.24) is 10.2 Å². The number of hydrogen-bond donors (Lipinski definition) is 1. The number of sulfonamides is 1. The number of rotatable bonds is 12. The molecule has 0 saturated heterocycles. The van der Waals surface area contributed by atoms with Gasteiger partial charge in [0.2, 0.25) is 21.8 Å². The lowest BCUT2D eigenvalue weighted by Gasteiger charge is -2.34. The fourth-order valence-corrected chi connectivity index (χ4v) is 5.75. The molecular formula is C30H31Cl3F3N3O4S. The maximum absolute atomic E-state index is 14.1. The minimum Gasteiger partial charge on any atom is -0.352 e. The van der Waals surface area contributed by atoms with Crippen LogP contribution in [0.15, 0.2) is 66.7 Å². The Kier molecular flexibility index (Phi) is 12.0. The Balaban J connectivity index is 2.14. The third-order valence-electron chi connectivity index (χ3n) is 6.83. The minimum atomic E-state index is -4.80. The fourth-order valence-electron chi connectivity index (χ4n) is 4.30. The second-order valence-electron chi connectivity index (χ2n) is 10.2. The van der Waals surface area contributed by atoms with Crippen LogP contribution in [-0.2, 0) is 38.8 Å². The molecule has 2 atom stereocenters. The van der Waals surface area contributed by atoms with E-state index in [0.717, 1.165) is 12.3 Å². The number of benzene rings is 3. The Morgan fingerprint density at radius 3 is 2.11 bits per heavy atom. The van der Waals surface area contributed by atoms with Gasteiger partial charge in [0.1, 0.15) is 12.6 Å². The molecule has 0 spiro atoms. The Bertz CT molecular complexity index is 1590. The largest absolute Gasteiger partial charge is 0.416 e. The zero-order valence-electron chi connectivity index (χ0n) is 24.0. The van der Waals surface area contributed by atoms with Crippen LogP contribution in [0.2, 0.25) is 15.1 Å². The predicted octanol–water partition coefficient (Wildman–Crippen LogP) is 6.99. The van der Waals surface area contributed by atoms with Gasteiger partial charge in [0.05, 0.1) is 32.6 Å². The lowest BCUT2D eigenvalue weighted by molar-refractivity contribution is -0.140. The van der Waals surface area contributed by atoms with Gasteiger partial charge >= 0.3 is 6.18 Å². The number of nitrogens with one attached hydrogen (secondary N) is 1. The molecular weight excluding hydrogens is 662 g/mol. The van der Waals surface area contributed by atoms with E-state index in [0.29, 0.717) is 34.0 Å². The highest BCUT2D eigenvalue weighted by Gasteiger charge is 2.36. The van der Waals surface area contributed by atoms with E-state index in [9.17, 15) is 31.2 Å². The number of halogens is 6. The van der Waals surface area contributed by atoms with Gasteiger partial charge in [0.25, 0.3) is 0 Å². The zero-order chi connectivity index (χ0) is 32.8. The molecule has 44 heavy (non-hydrogen) atoms. The molecule has 0 aliphatic carbocycles. The maximum atomic E-state index is 14.1. The van der Waals surface area contributed by atoms with Crippen molar-refractivity contribution in [3.05, 3.63) is 98.5 Å². The first-order chi connectivity index (χ1) is 20.5. The first-order valence-corrected chi connectivity index (χ1v) is 16.4. The van der Waals surface area contributed by atoms with E-state index in [2.05, 4.69) is 5.32 Å². The molecule has 0 radical (unpaired) electrons. The van der Waals surface area contributed by atoms with E-state index in [4.69, 9.17) is 34.8 Å². The van der Waals surface area contributed by atoms with Crippen molar-refractivity contribution in [2.24, 2.45) is 0 Å². The van der Waals surface area contributed by atoms with Crippen molar-refractivity contribution in [3.8, 4) is 0 Å². The number of carbonyl (C=O) groups excluding carboxylic acids is 2. The average Bonchev–Trinajstić information content (AvgIpc) is 2.95. The summed E-state index contributed by atoms with van der Waals surface area (Å²) in [7, 11) is -4.35. The van der Waals surface area contributed by atoms with E-state index >= 15 is 0 Å². The van der Waals surface area contributed by atoms with Crippen LogP contribution >= 0.6 is 34.8 Å². The zero-order valence-corrected chi connectivity index (χ0v) is 27.1. The summed E-state index contributed by atoms with van der Waals surface area (Å²) in [5.74, 6) is -1.37. The van der Waals surface area contributed by atoms with E-state index < -0.39 is 51.9 Å². The van der Waals surface area contributed by atoms with Crippen LogP contribution in [0.4, 0.5) is 18.9 Å². The van der Waals surface area contributed by atoms with Gasteiger partial charge in [0.15, 0.2) is 0 Å². The van der Waals surface area contributed by atoms with Gasteiger partial charge in [-0.15, -0.1) is 0 Å². The van der Waals surface area contributed by atoms with Crippen LogP contribution in [0, 0.1) is 0 Å². The lowest BCUT2D eigenvalue weighted by Crippen LogP contribution is -2.54. The maximum Gasteiger partial charge on any atom is 0.416 e. The highest BCUT2D eigenvalue weighted by Crippen LogP contribution is 2.36. The molecule has 238 valence electrons. The standard InChI is InChI=1S/C30H31Cl3F3N3O4S/c1-4-19(2)37-29(41)27(15-20-8-6-5-7-9-20)38(17-21-10-12-23(31)25(33)14-21)28(40)18-39(44(3,42)43)26-16-22(30(34,35)36)11-13-24(26)32/h5-14,16,19,27H,4,15,17-18H2,1-3H3,(H,37,41)/t19-,27+/m0/s1. The molecule has 7 nitrogen and oxygen atoms in total. The summed E-state index contributed by atoms with van der Waals surface area (Å²) in [6.07, 6.45) is -3.40. The van der Waals surface area contributed by atoms with Crippen molar-refractivity contribution >= 4 is 62.3 Å². The van der Waals surface area contributed by atoms with Gasteiger partial charge in [-0.1, -0.05) is 78.1 Å². The second-order valence-corrected chi connectivity index (χ2v) is 13.4. The molecule has 2 amide bonds. The molecule has 0 saturated carbocycles. The van der Waals surface area contributed by atoms with E-state index in [1.54, 1.807) is 43.3 Å². The number of anilines is 1. The highest BCUT2D eigenvalue weighted by atomic mass is 35.5. The van der Waals surface area contributed by atoms with E-state index in [1.165, 1.54) is 17.0 Å². The van der Waals surface area contributed by atoms with Gasteiger partial charge in [-0.3, -0.25) is 13.9 Å². The lowest BCUT2D eigenvalue weighted by atomic mass is 10.0. The topological polar surface area (TPSA) is 86.8 Å². The quantitative estimate of drug-likeness (QED) is 0.222.